The van der Waals surface area contributed by atoms with Crippen LogP contribution in [0.25, 0.3) is 0 Å². The van der Waals surface area contributed by atoms with Crippen LogP contribution in [-0.2, 0) is 25.7 Å². The predicted molar refractivity (Wildman–Crippen MR) is 86.6 cm³/mol. The molecule has 0 unspecified atom stereocenters. The number of esters is 1. The number of carbonyl (C=O) groups is 3. The van der Waals surface area contributed by atoms with Crippen LogP contribution in [0.1, 0.15) is 26.3 Å². The summed E-state index contributed by atoms with van der Waals surface area (Å²) < 4.78 is 5.03. The van der Waals surface area contributed by atoms with Crippen molar-refractivity contribution in [2.45, 2.75) is 27.3 Å². The fraction of sp³-hybridized carbons (Fsp3) is 0.389. The van der Waals surface area contributed by atoms with Gasteiger partial charge in [-0.1, -0.05) is 37.3 Å². The maximum absolute atomic E-state index is 12.8. The third kappa shape index (κ3) is 3.32. The highest BCUT2D eigenvalue weighted by Gasteiger charge is 2.46. The molecule has 0 radical (unpaired) electrons. The normalized spacial score (nSPS) is 18.7. The molecule has 1 N–H and O–H groups in total. The molecule has 1 aromatic carbocycles. The average Bonchev–Trinajstić information content (AvgIpc) is 2.80. The van der Waals surface area contributed by atoms with E-state index in [9.17, 15) is 19.5 Å². The summed E-state index contributed by atoms with van der Waals surface area (Å²) in [5.74, 6) is -4.16. The van der Waals surface area contributed by atoms with Gasteiger partial charge in [-0.3, -0.25) is 9.59 Å². The van der Waals surface area contributed by atoms with Crippen LogP contribution in [0, 0.1) is 11.8 Å². The fourth-order valence-corrected chi connectivity index (χ4v) is 2.88. The van der Waals surface area contributed by atoms with E-state index in [0.717, 1.165) is 5.56 Å². The molecule has 6 nitrogen and oxygen atoms in total. The monoisotopic (exact) mass is 331 g/mol. The molecule has 1 aliphatic rings. The van der Waals surface area contributed by atoms with Gasteiger partial charge in [0.05, 0.1) is 30.6 Å². The maximum Gasteiger partial charge on any atom is 0.336 e. The highest BCUT2D eigenvalue weighted by molar-refractivity contribution is 6.03. The first-order chi connectivity index (χ1) is 11.4. The summed E-state index contributed by atoms with van der Waals surface area (Å²) in [4.78, 5) is 37.9. The summed E-state index contributed by atoms with van der Waals surface area (Å²) >= 11 is 0. The average molecular weight is 331 g/mol. The number of carboxylic acid groups (broad SMARTS) is 1. The SMILES string of the molecule is CCOC(=O)C1=C(C)N(Cc2ccccc2)C(=O)[C@@H]1[C@H](C)C(=O)O. The molecule has 0 fully saturated rings. The fourth-order valence-electron chi connectivity index (χ4n) is 2.88. The van der Waals surface area contributed by atoms with Crippen LogP contribution in [-0.4, -0.2) is 34.5 Å². The van der Waals surface area contributed by atoms with Gasteiger partial charge in [0.15, 0.2) is 0 Å². The van der Waals surface area contributed by atoms with Gasteiger partial charge in [-0.2, -0.15) is 0 Å². The minimum absolute atomic E-state index is 0.146. The van der Waals surface area contributed by atoms with Crippen LogP contribution in [0.4, 0.5) is 0 Å². The topological polar surface area (TPSA) is 83.9 Å². The molecule has 1 amide bonds. The van der Waals surface area contributed by atoms with Crippen molar-refractivity contribution >= 4 is 17.8 Å². The van der Waals surface area contributed by atoms with Crippen LogP contribution in [0.15, 0.2) is 41.6 Å². The van der Waals surface area contributed by atoms with Gasteiger partial charge >= 0.3 is 11.9 Å². The third-order valence-corrected chi connectivity index (χ3v) is 4.21. The van der Waals surface area contributed by atoms with Crippen molar-refractivity contribution in [1.82, 2.24) is 4.90 Å². The Labute approximate surface area is 140 Å². The smallest absolute Gasteiger partial charge is 0.336 e. The number of nitrogens with zero attached hydrogens (tertiary/aromatic N) is 1. The van der Waals surface area contributed by atoms with Gasteiger partial charge in [-0.25, -0.2) is 4.79 Å². The first kappa shape index (κ1) is 17.7. The van der Waals surface area contributed by atoms with Gasteiger partial charge in [-0.15, -0.1) is 0 Å². The van der Waals surface area contributed by atoms with Crippen LogP contribution in [0.3, 0.4) is 0 Å². The van der Waals surface area contributed by atoms with Crippen molar-refractivity contribution < 1.29 is 24.2 Å². The first-order valence-electron chi connectivity index (χ1n) is 7.84. The molecular weight excluding hydrogens is 310 g/mol. The Bertz CT molecular complexity index is 680. The van der Waals surface area contributed by atoms with Crippen LogP contribution < -0.4 is 0 Å². The Balaban J connectivity index is 2.40. The zero-order valence-electron chi connectivity index (χ0n) is 14.0. The molecule has 2 atom stereocenters. The predicted octanol–water partition coefficient (Wildman–Crippen LogP) is 2.20. The quantitative estimate of drug-likeness (QED) is 0.808. The minimum Gasteiger partial charge on any atom is -0.481 e. The van der Waals surface area contributed by atoms with E-state index in [1.807, 2.05) is 30.3 Å². The number of hydrogen-bond donors (Lipinski definition) is 1. The second-order valence-electron chi connectivity index (χ2n) is 5.73. The summed E-state index contributed by atoms with van der Waals surface area (Å²) in [6, 6.07) is 9.34. The number of ether oxygens (including phenoxy) is 1. The molecule has 0 aliphatic carbocycles. The third-order valence-electron chi connectivity index (χ3n) is 4.21. The van der Waals surface area contributed by atoms with Crippen molar-refractivity contribution in [3.05, 3.63) is 47.2 Å². The first-order valence-corrected chi connectivity index (χ1v) is 7.84. The van der Waals surface area contributed by atoms with E-state index < -0.39 is 23.8 Å². The van der Waals surface area contributed by atoms with Crippen molar-refractivity contribution in [2.24, 2.45) is 11.8 Å². The van der Waals surface area contributed by atoms with E-state index in [1.165, 1.54) is 11.8 Å². The summed E-state index contributed by atoms with van der Waals surface area (Å²) in [6.45, 7) is 5.21. The lowest BCUT2D eigenvalue weighted by atomic mass is 9.87. The van der Waals surface area contributed by atoms with Crippen LogP contribution in [0.2, 0.25) is 0 Å². The van der Waals surface area contributed by atoms with Crippen molar-refractivity contribution in [2.75, 3.05) is 6.61 Å². The van der Waals surface area contributed by atoms with Gasteiger partial charge in [0.25, 0.3) is 0 Å². The number of amides is 1. The molecule has 0 spiro atoms. The Kier molecular flexibility index (Phi) is 5.39. The highest BCUT2D eigenvalue weighted by Crippen LogP contribution is 2.36. The second kappa shape index (κ2) is 7.29. The number of carboxylic acids is 1. The van der Waals surface area contributed by atoms with Gasteiger partial charge in [-0.05, 0) is 19.4 Å². The molecule has 128 valence electrons. The molecule has 0 saturated heterocycles. The van der Waals surface area contributed by atoms with Crippen LogP contribution >= 0.6 is 0 Å². The molecule has 0 saturated carbocycles. The molecule has 1 aliphatic heterocycles. The number of allylic oxidation sites excluding steroid dienone is 1. The minimum atomic E-state index is -1.12. The van der Waals surface area contributed by atoms with Gasteiger partial charge in [0.1, 0.15) is 0 Å². The lowest BCUT2D eigenvalue weighted by Gasteiger charge is -2.20. The zero-order chi connectivity index (χ0) is 17.9. The Hall–Kier alpha value is -2.63. The van der Waals surface area contributed by atoms with Crippen molar-refractivity contribution in [1.29, 1.82) is 0 Å². The van der Waals surface area contributed by atoms with E-state index in [1.54, 1.807) is 13.8 Å². The van der Waals surface area contributed by atoms with E-state index in [4.69, 9.17) is 4.74 Å². The molecule has 0 aromatic heterocycles. The Morgan fingerprint density at radius 2 is 1.92 bits per heavy atom. The standard InChI is InChI=1S/C18H21NO5/c1-4-24-18(23)15-12(3)19(10-13-8-6-5-7-9-13)16(20)14(15)11(2)17(21)22/h5-9,11,14H,4,10H2,1-3H3,(H,21,22)/t11-,14+/m0/s1. The Morgan fingerprint density at radius 1 is 1.29 bits per heavy atom. The van der Waals surface area contributed by atoms with Gasteiger partial charge in [0, 0.05) is 5.70 Å². The molecular formula is C18H21NO5. The molecule has 1 aromatic rings. The van der Waals surface area contributed by atoms with Gasteiger partial charge < -0.3 is 14.7 Å². The molecule has 0 bridgehead atoms. The Morgan fingerprint density at radius 3 is 2.46 bits per heavy atom. The van der Waals surface area contributed by atoms with Gasteiger partial charge in [0.2, 0.25) is 5.91 Å². The van der Waals surface area contributed by atoms with Crippen molar-refractivity contribution in [3.63, 3.8) is 0 Å². The second-order valence-corrected chi connectivity index (χ2v) is 5.73. The zero-order valence-corrected chi connectivity index (χ0v) is 14.0. The summed E-state index contributed by atoms with van der Waals surface area (Å²) in [7, 11) is 0. The summed E-state index contributed by atoms with van der Waals surface area (Å²) in [5.41, 5.74) is 1.50. The van der Waals surface area contributed by atoms with E-state index in [-0.39, 0.29) is 24.6 Å². The number of carbonyl (C=O) groups excluding carboxylic acids is 2. The highest BCUT2D eigenvalue weighted by atomic mass is 16.5. The number of rotatable bonds is 6. The lowest BCUT2D eigenvalue weighted by Crippen LogP contribution is -2.34. The van der Waals surface area contributed by atoms with E-state index in [2.05, 4.69) is 0 Å². The van der Waals surface area contributed by atoms with E-state index in [0.29, 0.717) is 5.70 Å². The number of aliphatic carboxylic acids is 1. The van der Waals surface area contributed by atoms with E-state index >= 15 is 0 Å². The largest absolute Gasteiger partial charge is 0.481 e. The molecule has 2 rings (SSSR count). The summed E-state index contributed by atoms with van der Waals surface area (Å²) in [5, 5.41) is 9.31. The molecule has 6 heteroatoms. The van der Waals surface area contributed by atoms with Crippen LogP contribution in [0.5, 0.6) is 0 Å². The summed E-state index contributed by atoms with van der Waals surface area (Å²) in [6.07, 6.45) is 0. The molecule has 1 heterocycles. The number of benzene rings is 1. The molecule has 24 heavy (non-hydrogen) atoms. The van der Waals surface area contributed by atoms with Crippen molar-refractivity contribution in [3.8, 4) is 0 Å². The lowest BCUT2D eigenvalue weighted by molar-refractivity contribution is -0.148. The number of hydrogen-bond acceptors (Lipinski definition) is 4. The maximum atomic E-state index is 12.8.